The minimum absolute atomic E-state index is 0.358. The largest absolute Gasteiger partial charge is 0.312 e. The quantitative estimate of drug-likeness (QED) is 0.935. The van der Waals surface area contributed by atoms with E-state index in [1.807, 2.05) is 19.4 Å². The predicted molar refractivity (Wildman–Crippen MR) is 71.8 cm³/mol. The van der Waals surface area contributed by atoms with Crippen LogP contribution >= 0.6 is 27.3 Å². The van der Waals surface area contributed by atoms with Crippen LogP contribution in [0, 0.1) is 0 Å². The van der Waals surface area contributed by atoms with Gasteiger partial charge in [0, 0.05) is 27.8 Å². The monoisotopic (exact) mass is 296 g/mol. The molecule has 2 aromatic heterocycles. The van der Waals surface area contributed by atoms with Crippen LogP contribution in [0.15, 0.2) is 40.4 Å². The lowest BCUT2D eigenvalue weighted by atomic mass is 10.1. The van der Waals surface area contributed by atoms with Crippen molar-refractivity contribution in [3.63, 3.8) is 0 Å². The van der Waals surface area contributed by atoms with Crippen molar-refractivity contribution in [2.45, 2.75) is 12.5 Å². The Morgan fingerprint density at radius 2 is 2.12 bits per heavy atom. The fourth-order valence-corrected chi connectivity index (χ4v) is 3.40. The molecule has 0 aliphatic rings. The van der Waals surface area contributed by atoms with Crippen LogP contribution in [0.1, 0.15) is 16.5 Å². The van der Waals surface area contributed by atoms with Gasteiger partial charge in [0.2, 0.25) is 0 Å². The molecule has 0 aliphatic heterocycles. The maximum Gasteiger partial charge on any atom is 0.0464 e. The van der Waals surface area contributed by atoms with Crippen LogP contribution in [0.4, 0.5) is 0 Å². The molecule has 4 heteroatoms. The molecule has 0 saturated carbocycles. The molecule has 2 nitrogen and oxygen atoms in total. The van der Waals surface area contributed by atoms with Gasteiger partial charge in [0.15, 0.2) is 0 Å². The van der Waals surface area contributed by atoms with Gasteiger partial charge in [0.25, 0.3) is 0 Å². The number of rotatable bonds is 4. The van der Waals surface area contributed by atoms with Crippen molar-refractivity contribution in [2.24, 2.45) is 0 Å². The van der Waals surface area contributed by atoms with Crippen molar-refractivity contribution in [2.75, 3.05) is 7.05 Å². The second kappa shape index (κ2) is 5.57. The number of hydrogen-bond acceptors (Lipinski definition) is 3. The normalized spacial score (nSPS) is 12.6. The molecular formula is C12H13BrN2S. The summed E-state index contributed by atoms with van der Waals surface area (Å²) in [7, 11) is 2.00. The third-order valence-corrected chi connectivity index (χ3v) is 4.48. The van der Waals surface area contributed by atoms with Gasteiger partial charge in [0.1, 0.15) is 0 Å². The summed E-state index contributed by atoms with van der Waals surface area (Å²) in [5.74, 6) is 0. The number of thiophene rings is 1. The zero-order chi connectivity index (χ0) is 11.4. The van der Waals surface area contributed by atoms with Gasteiger partial charge < -0.3 is 5.32 Å². The first kappa shape index (κ1) is 11.8. The second-order valence-corrected chi connectivity index (χ2v) is 5.34. The maximum absolute atomic E-state index is 4.03. The molecule has 0 aromatic carbocycles. The lowest BCUT2D eigenvalue weighted by Gasteiger charge is -2.15. The first-order chi connectivity index (χ1) is 7.81. The van der Waals surface area contributed by atoms with Crippen molar-refractivity contribution in [1.82, 2.24) is 10.3 Å². The molecule has 2 aromatic rings. The van der Waals surface area contributed by atoms with E-state index in [1.165, 1.54) is 14.9 Å². The molecule has 0 spiro atoms. The highest BCUT2D eigenvalue weighted by molar-refractivity contribution is 9.10. The summed E-state index contributed by atoms with van der Waals surface area (Å²) >= 11 is 5.36. The zero-order valence-electron chi connectivity index (χ0n) is 8.98. The molecule has 0 radical (unpaired) electrons. The van der Waals surface area contributed by atoms with Crippen molar-refractivity contribution in [1.29, 1.82) is 0 Å². The van der Waals surface area contributed by atoms with Gasteiger partial charge >= 0.3 is 0 Å². The Hall–Kier alpha value is -0.710. The average molecular weight is 297 g/mol. The van der Waals surface area contributed by atoms with Crippen LogP contribution in [0.3, 0.4) is 0 Å². The first-order valence-corrected chi connectivity index (χ1v) is 6.77. The molecule has 1 atom stereocenters. The van der Waals surface area contributed by atoms with E-state index >= 15 is 0 Å². The number of halogens is 1. The average Bonchev–Trinajstić information content (AvgIpc) is 2.74. The topological polar surface area (TPSA) is 24.9 Å². The number of nitrogens with zero attached hydrogens (tertiary/aromatic N) is 1. The Morgan fingerprint density at radius 1 is 1.38 bits per heavy atom. The van der Waals surface area contributed by atoms with E-state index in [9.17, 15) is 0 Å². The minimum Gasteiger partial charge on any atom is -0.312 e. The Kier molecular flexibility index (Phi) is 4.09. The van der Waals surface area contributed by atoms with Gasteiger partial charge in [-0.05, 0) is 58.5 Å². The highest BCUT2D eigenvalue weighted by Crippen LogP contribution is 2.30. The van der Waals surface area contributed by atoms with Crippen molar-refractivity contribution in [3.8, 4) is 0 Å². The molecule has 0 saturated heterocycles. The van der Waals surface area contributed by atoms with E-state index in [1.54, 1.807) is 11.3 Å². The van der Waals surface area contributed by atoms with Gasteiger partial charge in [-0.25, -0.2) is 0 Å². The lowest BCUT2D eigenvalue weighted by molar-refractivity contribution is 0.600. The van der Waals surface area contributed by atoms with Gasteiger partial charge in [-0.15, -0.1) is 11.3 Å². The predicted octanol–water partition coefficient (Wildman–Crippen LogP) is 3.41. The minimum atomic E-state index is 0.358. The molecule has 0 bridgehead atoms. The first-order valence-electron chi connectivity index (χ1n) is 5.10. The number of nitrogens with one attached hydrogen (secondary N) is 1. The summed E-state index contributed by atoms with van der Waals surface area (Å²) in [5, 5.41) is 5.46. The van der Waals surface area contributed by atoms with E-state index < -0.39 is 0 Å². The molecule has 1 N–H and O–H groups in total. The summed E-state index contributed by atoms with van der Waals surface area (Å²) in [4.78, 5) is 5.38. The third kappa shape index (κ3) is 2.70. The van der Waals surface area contributed by atoms with Crippen LogP contribution in [0.5, 0.6) is 0 Å². The smallest absolute Gasteiger partial charge is 0.0464 e. The highest BCUT2D eigenvalue weighted by Gasteiger charge is 2.14. The van der Waals surface area contributed by atoms with Crippen LogP contribution in [-0.4, -0.2) is 12.0 Å². The number of aromatic nitrogens is 1. The van der Waals surface area contributed by atoms with Gasteiger partial charge in [-0.3, -0.25) is 4.98 Å². The number of hydrogen-bond donors (Lipinski definition) is 1. The van der Waals surface area contributed by atoms with Crippen LogP contribution < -0.4 is 5.32 Å². The Balaban J connectivity index is 2.16. The standard InChI is InChI=1S/C12H13BrN2S/c1-14-11(12-10(13)4-7-16-12)8-9-2-5-15-6-3-9/h2-7,11,14H,8H2,1H3. The van der Waals surface area contributed by atoms with Crippen molar-refractivity contribution >= 4 is 27.3 Å². The number of likely N-dealkylation sites (N-methyl/N-ethyl adjacent to an activating group) is 1. The fourth-order valence-electron chi connectivity index (χ4n) is 1.63. The van der Waals surface area contributed by atoms with Gasteiger partial charge in [-0.1, -0.05) is 0 Å². The number of pyridine rings is 1. The molecule has 0 aliphatic carbocycles. The summed E-state index contributed by atoms with van der Waals surface area (Å²) in [6, 6.07) is 6.57. The second-order valence-electron chi connectivity index (χ2n) is 3.53. The molecule has 2 heterocycles. The highest BCUT2D eigenvalue weighted by atomic mass is 79.9. The van der Waals surface area contributed by atoms with E-state index in [4.69, 9.17) is 0 Å². The molecule has 2 rings (SSSR count). The van der Waals surface area contributed by atoms with Crippen molar-refractivity contribution in [3.05, 3.63) is 50.9 Å². The molecule has 84 valence electrons. The van der Waals surface area contributed by atoms with E-state index in [0.717, 1.165) is 6.42 Å². The third-order valence-electron chi connectivity index (χ3n) is 2.50. The fraction of sp³-hybridized carbons (Fsp3) is 0.250. The maximum atomic E-state index is 4.03. The Bertz CT molecular complexity index is 441. The molecule has 0 fully saturated rings. The van der Waals surface area contributed by atoms with Gasteiger partial charge in [0.05, 0.1) is 0 Å². The Morgan fingerprint density at radius 3 is 2.69 bits per heavy atom. The molecule has 1 unspecified atom stereocenters. The zero-order valence-corrected chi connectivity index (χ0v) is 11.4. The summed E-state index contributed by atoms with van der Waals surface area (Å²) in [5.41, 5.74) is 1.30. The lowest BCUT2D eigenvalue weighted by Crippen LogP contribution is -2.18. The summed E-state index contributed by atoms with van der Waals surface area (Å²) in [6.45, 7) is 0. The molecular weight excluding hydrogens is 284 g/mol. The van der Waals surface area contributed by atoms with E-state index in [0.29, 0.717) is 6.04 Å². The Labute approximate surface area is 108 Å². The van der Waals surface area contributed by atoms with Crippen LogP contribution in [0.2, 0.25) is 0 Å². The van der Waals surface area contributed by atoms with Crippen molar-refractivity contribution < 1.29 is 0 Å². The summed E-state index contributed by atoms with van der Waals surface area (Å²) < 4.78 is 1.19. The van der Waals surface area contributed by atoms with E-state index in [2.05, 4.69) is 49.8 Å². The van der Waals surface area contributed by atoms with Gasteiger partial charge in [-0.2, -0.15) is 0 Å². The molecule has 16 heavy (non-hydrogen) atoms. The van der Waals surface area contributed by atoms with E-state index in [-0.39, 0.29) is 0 Å². The summed E-state index contributed by atoms with van der Waals surface area (Å²) in [6.07, 6.45) is 4.66. The van der Waals surface area contributed by atoms with Crippen LogP contribution in [0.25, 0.3) is 0 Å². The molecule has 0 amide bonds. The van der Waals surface area contributed by atoms with Crippen LogP contribution in [-0.2, 0) is 6.42 Å². The SMILES string of the molecule is CNC(Cc1ccncc1)c1sccc1Br.